The summed E-state index contributed by atoms with van der Waals surface area (Å²) in [5.74, 6) is -0.838. The van der Waals surface area contributed by atoms with Crippen LogP contribution in [0.1, 0.15) is 41.3 Å². The molecule has 0 saturated heterocycles. The van der Waals surface area contributed by atoms with E-state index in [2.05, 4.69) is 16.0 Å². The van der Waals surface area contributed by atoms with Gasteiger partial charge in [0, 0.05) is 43.2 Å². The zero-order valence-electron chi connectivity index (χ0n) is 17.5. The minimum absolute atomic E-state index is 0.0142. The third-order valence-corrected chi connectivity index (χ3v) is 4.71. The fraction of sp³-hybridized carbons (Fsp3) is 0.160. The molecule has 0 fully saturated rings. The van der Waals surface area contributed by atoms with E-state index in [1.807, 2.05) is 60.7 Å². The summed E-state index contributed by atoms with van der Waals surface area (Å²) in [5, 5.41) is 8.31. The molecule has 0 aromatic heterocycles. The topological polar surface area (TPSA) is 87.3 Å². The first-order chi connectivity index (χ1) is 14.9. The van der Waals surface area contributed by atoms with E-state index in [-0.39, 0.29) is 23.6 Å². The Kier molecular flexibility index (Phi) is 7.17. The Labute approximate surface area is 181 Å². The van der Waals surface area contributed by atoms with Crippen LogP contribution in [0, 0.1) is 0 Å². The predicted octanol–water partition coefficient (Wildman–Crippen LogP) is 4.17. The maximum atomic E-state index is 13.0. The largest absolute Gasteiger partial charge is 0.351 e. The Morgan fingerprint density at radius 3 is 1.58 bits per heavy atom. The average Bonchev–Trinajstić information content (AvgIpc) is 2.74. The van der Waals surface area contributed by atoms with Gasteiger partial charge in [-0.25, -0.2) is 0 Å². The molecular formula is C25H25N3O3. The molecule has 0 aliphatic carbocycles. The van der Waals surface area contributed by atoms with E-state index in [9.17, 15) is 14.4 Å². The van der Waals surface area contributed by atoms with Gasteiger partial charge in [-0.15, -0.1) is 0 Å². The predicted molar refractivity (Wildman–Crippen MR) is 122 cm³/mol. The lowest BCUT2D eigenvalue weighted by molar-refractivity contribution is -0.115. The third kappa shape index (κ3) is 6.27. The van der Waals surface area contributed by atoms with Crippen LogP contribution in [0.15, 0.2) is 78.9 Å². The first kappa shape index (κ1) is 21.8. The molecule has 0 saturated carbocycles. The molecule has 0 spiro atoms. The molecule has 0 atom stereocenters. The highest BCUT2D eigenvalue weighted by molar-refractivity contribution is 6.00. The summed E-state index contributed by atoms with van der Waals surface area (Å²) < 4.78 is 0. The van der Waals surface area contributed by atoms with Gasteiger partial charge in [-0.3, -0.25) is 14.4 Å². The second-order valence-electron chi connectivity index (χ2n) is 7.25. The van der Waals surface area contributed by atoms with Gasteiger partial charge < -0.3 is 16.0 Å². The molecule has 3 rings (SSSR count). The molecule has 3 aromatic carbocycles. The van der Waals surface area contributed by atoms with Crippen LogP contribution >= 0.6 is 0 Å². The van der Waals surface area contributed by atoms with Crippen LogP contribution < -0.4 is 16.0 Å². The Balaban J connectivity index is 1.83. The smallest absolute Gasteiger partial charge is 0.251 e. The second kappa shape index (κ2) is 10.2. The quantitative estimate of drug-likeness (QED) is 0.541. The lowest BCUT2D eigenvalue weighted by Crippen LogP contribution is -2.29. The van der Waals surface area contributed by atoms with Crippen LogP contribution in [0.3, 0.4) is 0 Å². The van der Waals surface area contributed by atoms with E-state index >= 15 is 0 Å². The van der Waals surface area contributed by atoms with Gasteiger partial charge in [0.1, 0.15) is 0 Å². The second-order valence-corrected chi connectivity index (χ2v) is 7.25. The first-order valence-electron chi connectivity index (χ1n) is 10.0. The van der Waals surface area contributed by atoms with E-state index in [1.165, 1.54) is 13.8 Å². The number of rotatable bonds is 7. The number of hydrogen-bond acceptors (Lipinski definition) is 3. The normalized spacial score (nSPS) is 10.4. The summed E-state index contributed by atoms with van der Waals surface area (Å²) in [6, 6.07) is 24.8. The highest BCUT2D eigenvalue weighted by Crippen LogP contribution is 2.24. The van der Waals surface area contributed by atoms with Crippen molar-refractivity contribution in [2.24, 2.45) is 0 Å². The molecule has 0 heterocycles. The van der Waals surface area contributed by atoms with Crippen LogP contribution in [-0.4, -0.2) is 24.3 Å². The van der Waals surface area contributed by atoms with Crippen molar-refractivity contribution in [2.75, 3.05) is 17.2 Å². The highest BCUT2D eigenvalue weighted by Gasteiger charge is 2.17. The molecule has 31 heavy (non-hydrogen) atoms. The summed E-state index contributed by atoms with van der Waals surface area (Å²) in [7, 11) is 0. The minimum Gasteiger partial charge on any atom is -0.351 e. The number of amides is 3. The monoisotopic (exact) mass is 415 g/mol. The van der Waals surface area contributed by atoms with Crippen molar-refractivity contribution in [3.8, 4) is 0 Å². The standard InChI is InChI=1S/C25H25N3O3/c1-17(29)27-22-13-21(14-23(15-22)28-18(2)30)25(31)26-16-24(19-9-5-3-6-10-19)20-11-7-4-8-12-20/h3-15,24H,16H2,1-2H3,(H,26,31)(H,27,29)(H,28,30). The Morgan fingerprint density at radius 2 is 1.16 bits per heavy atom. The van der Waals surface area contributed by atoms with E-state index in [0.717, 1.165) is 11.1 Å². The van der Waals surface area contributed by atoms with Gasteiger partial charge in [0.2, 0.25) is 11.8 Å². The van der Waals surface area contributed by atoms with Gasteiger partial charge in [0.15, 0.2) is 0 Å². The summed E-state index contributed by atoms with van der Waals surface area (Å²) in [4.78, 5) is 35.9. The molecule has 0 unspecified atom stereocenters. The van der Waals surface area contributed by atoms with E-state index in [0.29, 0.717) is 23.5 Å². The lowest BCUT2D eigenvalue weighted by atomic mass is 9.91. The number of benzene rings is 3. The van der Waals surface area contributed by atoms with Crippen LogP contribution in [0.5, 0.6) is 0 Å². The molecule has 3 amide bonds. The van der Waals surface area contributed by atoms with Gasteiger partial charge in [0.05, 0.1) is 0 Å². The van der Waals surface area contributed by atoms with Crippen molar-refractivity contribution in [1.29, 1.82) is 0 Å². The Hall–Kier alpha value is -3.93. The van der Waals surface area contributed by atoms with Gasteiger partial charge in [0.25, 0.3) is 5.91 Å². The Morgan fingerprint density at radius 1 is 0.710 bits per heavy atom. The molecule has 3 aromatic rings. The van der Waals surface area contributed by atoms with Crippen LogP contribution in [0.25, 0.3) is 0 Å². The van der Waals surface area contributed by atoms with Gasteiger partial charge in [-0.05, 0) is 29.3 Å². The van der Waals surface area contributed by atoms with Crippen molar-refractivity contribution in [2.45, 2.75) is 19.8 Å². The fourth-order valence-electron chi connectivity index (χ4n) is 3.41. The maximum absolute atomic E-state index is 13.0. The molecule has 0 aliphatic heterocycles. The first-order valence-corrected chi connectivity index (χ1v) is 10.0. The number of carbonyl (C=O) groups is 3. The zero-order valence-corrected chi connectivity index (χ0v) is 17.5. The minimum atomic E-state index is -0.296. The number of nitrogens with one attached hydrogen (secondary N) is 3. The van der Waals surface area contributed by atoms with Crippen LogP contribution in [0.2, 0.25) is 0 Å². The number of anilines is 2. The van der Waals surface area contributed by atoms with Crippen LogP contribution in [0.4, 0.5) is 11.4 Å². The number of carbonyl (C=O) groups excluding carboxylic acids is 3. The molecule has 6 heteroatoms. The highest BCUT2D eigenvalue weighted by atomic mass is 16.2. The van der Waals surface area contributed by atoms with Crippen molar-refractivity contribution in [3.05, 3.63) is 95.6 Å². The van der Waals surface area contributed by atoms with Crippen molar-refractivity contribution >= 4 is 29.1 Å². The third-order valence-electron chi connectivity index (χ3n) is 4.71. The zero-order chi connectivity index (χ0) is 22.2. The molecule has 6 nitrogen and oxygen atoms in total. The van der Waals surface area contributed by atoms with Crippen LogP contribution in [-0.2, 0) is 9.59 Å². The lowest BCUT2D eigenvalue weighted by Gasteiger charge is -2.19. The Bertz CT molecular complexity index is 992. The SMILES string of the molecule is CC(=O)Nc1cc(NC(C)=O)cc(C(=O)NCC(c2ccccc2)c2ccccc2)c1. The average molecular weight is 415 g/mol. The fourth-order valence-corrected chi connectivity index (χ4v) is 3.41. The molecule has 158 valence electrons. The summed E-state index contributed by atoms with van der Waals surface area (Å²) >= 11 is 0. The molecule has 0 bridgehead atoms. The van der Waals surface area contributed by atoms with E-state index in [1.54, 1.807) is 18.2 Å². The van der Waals surface area contributed by atoms with E-state index in [4.69, 9.17) is 0 Å². The molecule has 3 N–H and O–H groups in total. The molecule has 0 radical (unpaired) electrons. The van der Waals surface area contributed by atoms with Gasteiger partial charge in [-0.2, -0.15) is 0 Å². The summed E-state index contributed by atoms with van der Waals surface area (Å²) in [5.41, 5.74) is 3.41. The van der Waals surface area contributed by atoms with E-state index < -0.39 is 0 Å². The molecule has 0 aliphatic rings. The molecular weight excluding hydrogens is 390 g/mol. The van der Waals surface area contributed by atoms with Crippen molar-refractivity contribution in [1.82, 2.24) is 5.32 Å². The van der Waals surface area contributed by atoms with Crippen molar-refractivity contribution < 1.29 is 14.4 Å². The summed E-state index contributed by atoms with van der Waals surface area (Å²) in [6.07, 6.45) is 0. The summed E-state index contributed by atoms with van der Waals surface area (Å²) in [6.45, 7) is 3.16. The van der Waals surface area contributed by atoms with Gasteiger partial charge in [-0.1, -0.05) is 60.7 Å². The van der Waals surface area contributed by atoms with Gasteiger partial charge >= 0.3 is 0 Å². The maximum Gasteiger partial charge on any atom is 0.251 e. The van der Waals surface area contributed by atoms with Crippen molar-refractivity contribution in [3.63, 3.8) is 0 Å². The number of hydrogen-bond donors (Lipinski definition) is 3.